The summed E-state index contributed by atoms with van der Waals surface area (Å²) in [6.45, 7) is 4.21. The number of halogens is 1. The first-order valence-electron chi connectivity index (χ1n) is 9.85. The van der Waals surface area contributed by atoms with Gasteiger partial charge in [-0.2, -0.15) is 5.10 Å². The lowest BCUT2D eigenvalue weighted by atomic mass is 9.54. The van der Waals surface area contributed by atoms with Crippen LogP contribution in [0.15, 0.2) is 18.2 Å². The number of rotatable bonds is 2. The number of benzene rings is 1. The number of aromatic nitrogens is 2. The Labute approximate surface area is 164 Å². The van der Waals surface area contributed by atoms with Crippen molar-refractivity contribution in [3.8, 4) is 0 Å². The van der Waals surface area contributed by atoms with Crippen molar-refractivity contribution < 1.29 is 9.90 Å². The Morgan fingerprint density at radius 1 is 1.30 bits per heavy atom. The largest absolute Gasteiger partial charge is 0.390 e. The summed E-state index contributed by atoms with van der Waals surface area (Å²) in [5, 5.41) is 17.1. The molecular weight excluding hydrogens is 362 g/mol. The van der Waals surface area contributed by atoms with Gasteiger partial charge in [-0.25, -0.2) is 0 Å². The highest BCUT2D eigenvalue weighted by Gasteiger charge is 2.59. The van der Waals surface area contributed by atoms with Crippen LogP contribution in [-0.4, -0.2) is 43.4 Å². The summed E-state index contributed by atoms with van der Waals surface area (Å²) in [6, 6.07) is 6.02. The minimum atomic E-state index is -0.582. The van der Waals surface area contributed by atoms with Crippen LogP contribution < -0.4 is 0 Å². The minimum absolute atomic E-state index is 0.121. The van der Waals surface area contributed by atoms with Crippen molar-refractivity contribution >= 4 is 28.4 Å². The van der Waals surface area contributed by atoms with Gasteiger partial charge in [0.1, 0.15) is 0 Å². The van der Waals surface area contributed by atoms with Gasteiger partial charge in [-0.3, -0.25) is 9.48 Å². The van der Waals surface area contributed by atoms with Gasteiger partial charge in [-0.05, 0) is 56.6 Å². The number of hydrogen-bond donors (Lipinski definition) is 1. The third-order valence-electron chi connectivity index (χ3n) is 7.12. The molecule has 2 aliphatic carbocycles. The highest BCUT2D eigenvalue weighted by molar-refractivity contribution is 6.35. The Balaban J connectivity index is 1.51. The van der Waals surface area contributed by atoms with Crippen LogP contribution in [0.25, 0.3) is 10.9 Å². The summed E-state index contributed by atoms with van der Waals surface area (Å²) in [7, 11) is 1.89. The standard InChI is InChI=1S/C21H26ClN3O2/c1-12(18-17-15(22)5-4-6-16(17)24(3)23-18)19(26)25-13-7-20(2)8-14(25)10-21(27,9-13)11-20/h4-6,12-14,27H,7-11H2,1-3H3. The molecule has 1 aromatic carbocycles. The molecule has 1 amide bonds. The molecule has 1 aromatic heterocycles. The van der Waals surface area contributed by atoms with E-state index < -0.39 is 5.60 Å². The summed E-state index contributed by atoms with van der Waals surface area (Å²) < 4.78 is 1.80. The van der Waals surface area contributed by atoms with Gasteiger partial charge >= 0.3 is 0 Å². The van der Waals surface area contributed by atoms with Gasteiger partial charge in [0, 0.05) is 24.5 Å². The Morgan fingerprint density at radius 2 is 1.96 bits per heavy atom. The molecule has 0 radical (unpaired) electrons. The maximum atomic E-state index is 13.6. The van der Waals surface area contributed by atoms with E-state index in [2.05, 4.69) is 16.9 Å². The summed E-state index contributed by atoms with van der Waals surface area (Å²) >= 11 is 6.46. The zero-order valence-corrected chi connectivity index (χ0v) is 16.8. The monoisotopic (exact) mass is 387 g/mol. The lowest BCUT2D eigenvalue weighted by Crippen LogP contribution is -2.68. The molecule has 144 valence electrons. The number of fused-ring (bicyclic) bond motifs is 1. The summed E-state index contributed by atoms with van der Waals surface area (Å²) in [5.41, 5.74) is 1.28. The maximum absolute atomic E-state index is 13.6. The van der Waals surface area contributed by atoms with Crippen molar-refractivity contribution in [3.05, 3.63) is 28.9 Å². The number of carbonyl (C=O) groups is 1. The Hall–Kier alpha value is -1.59. The van der Waals surface area contributed by atoms with Crippen LogP contribution in [0, 0.1) is 5.41 Å². The normalized spacial score (nSPS) is 35.8. The number of aliphatic hydroxyl groups is 1. The molecule has 5 nitrogen and oxygen atoms in total. The second-order valence-corrected chi connectivity index (χ2v) is 9.85. The Morgan fingerprint density at radius 3 is 2.59 bits per heavy atom. The molecule has 2 saturated heterocycles. The summed E-state index contributed by atoms with van der Waals surface area (Å²) in [4.78, 5) is 15.6. The predicted molar refractivity (Wildman–Crippen MR) is 105 cm³/mol. The van der Waals surface area contributed by atoms with Crippen LogP contribution in [0.5, 0.6) is 0 Å². The number of amides is 1. The van der Waals surface area contributed by atoms with E-state index in [4.69, 9.17) is 11.6 Å². The van der Waals surface area contributed by atoms with Crippen molar-refractivity contribution in [1.82, 2.24) is 14.7 Å². The molecule has 3 unspecified atom stereocenters. The van der Waals surface area contributed by atoms with E-state index in [-0.39, 0.29) is 29.3 Å². The molecule has 6 rings (SSSR count). The van der Waals surface area contributed by atoms with E-state index in [1.54, 1.807) is 4.68 Å². The smallest absolute Gasteiger partial charge is 0.232 e. The third-order valence-corrected chi connectivity index (χ3v) is 7.43. The fourth-order valence-electron chi connectivity index (χ4n) is 6.41. The van der Waals surface area contributed by atoms with Gasteiger partial charge in [0.15, 0.2) is 0 Å². The average molecular weight is 388 g/mol. The first kappa shape index (κ1) is 17.5. The molecular formula is C21H26ClN3O2. The second-order valence-electron chi connectivity index (χ2n) is 9.45. The van der Waals surface area contributed by atoms with Crippen LogP contribution in [0.2, 0.25) is 5.02 Å². The van der Waals surface area contributed by atoms with Crippen LogP contribution in [0.4, 0.5) is 0 Å². The van der Waals surface area contributed by atoms with Crippen LogP contribution >= 0.6 is 11.6 Å². The molecule has 4 bridgehead atoms. The highest BCUT2D eigenvalue weighted by atomic mass is 35.5. The van der Waals surface area contributed by atoms with Crippen molar-refractivity contribution in [2.24, 2.45) is 12.5 Å². The fraction of sp³-hybridized carbons (Fsp3) is 0.619. The van der Waals surface area contributed by atoms with Crippen molar-refractivity contribution in [2.45, 2.75) is 69.6 Å². The van der Waals surface area contributed by atoms with Crippen molar-refractivity contribution in [2.75, 3.05) is 0 Å². The van der Waals surface area contributed by atoms with Crippen molar-refractivity contribution in [1.29, 1.82) is 0 Å². The first-order chi connectivity index (χ1) is 12.7. The summed E-state index contributed by atoms with van der Waals surface area (Å²) in [5.74, 6) is -0.232. The third kappa shape index (κ3) is 2.47. The molecule has 3 atom stereocenters. The van der Waals surface area contributed by atoms with Crippen LogP contribution in [0.3, 0.4) is 0 Å². The molecule has 2 saturated carbocycles. The number of aryl methyl sites for hydroxylation is 1. The second kappa shape index (κ2) is 5.48. The van der Waals surface area contributed by atoms with Crippen LogP contribution in [0.1, 0.15) is 57.6 Å². The van der Waals surface area contributed by atoms with E-state index in [1.807, 2.05) is 32.2 Å². The van der Waals surface area contributed by atoms with Gasteiger partial charge < -0.3 is 10.0 Å². The van der Waals surface area contributed by atoms with E-state index >= 15 is 0 Å². The molecule has 0 spiro atoms. The van der Waals surface area contributed by atoms with Gasteiger partial charge in [0.25, 0.3) is 0 Å². The zero-order chi connectivity index (χ0) is 19.1. The topological polar surface area (TPSA) is 58.4 Å². The average Bonchev–Trinajstić information content (AvgIpc) is 2.89. The number of carbonyl (C=O) groups excluding carboxylic acids is 1. The molecule has 1 N–H and O–H groups in total. The predicted octanol–water partition coefficient (Wildman–Crippen LogP) is 3.62. The number of nitrogens with zero attached hydrogens (tertiary/aromatic N) is 3. The van der Waals surface area contributed by atoms with Gasteiger partial charge in [-0.1, -0.05) is 24.6 Å². The number of hydrogen-bond acceptors (Lipinski definition) is 3. The van der Waals surface area contributed by atoms with Crippen LogP contribution in [-0.2, 0) is 11.8 Å². The van der Waals surface area contributed by atoms with Crippen molar-refractivity contribution in [3.63, 3.8) is 0 Å². The first-order valence-corrected chi connectivity index (χ1v) is 10.2. The van der Waals surface area contributed by atoms with Gasteiger partial charge in [0.05, 0.1) is 27.8 Å². The molecule has 27 heavy (non-hydrogen) atoms. The molecule has 4 fully saturated rings. The molecule has 6 heteroatoms. The van der Waals surface area contributed by atoms with E-state index in [0.717, 1.165) is 35.9 Å². The Kier molecular flexibility index (Phi) is 3.55. The molecule has 2 aliphatic heterocycles. The lowest BCUT2D eigenvalue weighted by molar-refractivity contribution is -0.193. The molecule has 4 aliphatic rings. The highest BCUT2D eigenvalue weighted by Crippen LogP contribution is 2.58. The lowest BCUT2D eigenvalue weighted by Gasteiger charge is -2.63. The molecule has 3 heterocycles. The molecule has 2 aromatic rings. The van der Waals surface area contributed by atoms with E-state index in [0.29, 0.717) is 17.9 Å². The fourth-order valence-corrected chi connectivity index (χ4v) is 6.67. The summed E-state index contributed by atoms with van der Waals surface area (Å²) in [6.07, 6.45) is 4.29. The van der Waals surface area contributed by atoms with E-state index in [1.165, 1.54) is 0 Å². The maximum Gasteiger partial charge on any atom is 0.232 e. The minimum Gasteiger partial charge on any atom is -0.390 e. The van der Waals surface area contributed by atoms with E-state index in [9.17, 15) is 9.90 Å². The SMILES string of the molecule is CC(C(=O)N1C2CC3(C)CC1CC(O)(C2)C3)c1nn(C)c2cccc(Cl)c12. The quantitative estimate of drug-likeness (QED) is 0.856. The van der Waals surface area contributed by atoms with Gasteiger partial charge in [0.2, 0.25) is 5.91 Å². The Bertz CT molecular complexity index is 916. The number of piperidine rings is 2. The zero-order valence-electron chi connectivity index (χ0n) is 16.1. The van der Waals surface area contributed by atoms with Gasteiger partial charge in [-0.15, -0.1) is 0 Å².